The summed E-state index contributed by atoms with van der Waals surface area (Å²) in [6.07, 6.45) is 12.6. The van der Waals surface area contributed by atoms with Gasteiger partial charge in [0.25, 0.3) is 0 Å². The Morgan fingerprint density at radius 1 is 0.952 bits per heavy atom. The van der Waals surface area contributed by atoms with Crippen LogP contribution in [0.2, 0.25) is 0 Å². The highest BCUT2D eigenvalue weighted by Gasteiger charge is 2.41. The van der Waals surface area contributed by atoms with Crippen LogP contribution in [0.15, 0.2) is 0 Å². The van der Waals surface area contributed by atoms with Gasteiger partial charge in [-0.3, -0.25) is 9.59 Å². The van der Waals surface area contributed by atoms with Crippen LogP contribution in [0, 0.1) is 17.8 Å². The summed E-state index contributed by atoms with van der Waals surface area (Å²) in [6.45, 7) is 6.24. The van der Waals surface area contributed by atoms with Gasteiger partial charge in [0.05, 0.1) is 11.8 Å². The number of ether oxygens (including phenoxy) is 1. The average molecular weight is 296 g/mol. The molecule has 21 heavy (non-hydrogen) atoms. The molecule has 0 N–H and O–H groups in total. The fraction of sp³-hybridized carbons (Fsp3) is 0.889. The molecule has 0 aromatic heterocycles. The van der Waals surface area contributed by atoms with E-state index in [1.165, 1.54) is 51.4 Å². The first-order chi connectivity index (χ1) is 10.1. The van der Waals surface area contributed by atoms with Crippen LogP contribution in [0.3, 0.4) is 0 Å². The van der Waals surface area contributed by atoms with Gasteiger partial charge in [-0.2, -0.15) is 0 Å². The van der Waals surface area contributed by atoms with Crippen LogP contribution in [0.5, 0.6) is 0 Å². The van der Waals surface area contributed by atoms with Gasteiger partial charge in [-0.05, 0) is 12.3 Å². The van der Waals surface area contributed by atoms with Crippen LogP contribution in [0.1, 0.15) is 85.0 Å². The summed E-state index contributed by atoms with van der Waals surface area (Å²) in [5.74, 6) is -0.615. The second-order valence-corrected chi connectivity index (χ2v) is 6.74. The Kier molecular flexibility index (Phi) is 8.63. The van der Waals surface area contributed by atoms with Gasteiger partial charge in [-0.25, -0.2) is 0 Å². The van der Waals surface area contributed by atoms with Crippen molar-refractivity contribution in [1.29, 1.82) is 0 Å². The molecule has 3 heteroatoms. The maximum absolute atomic E-state index is 11.6. The Morgan fingerprint density at radius 2 is 1.52 bits per heavy atom. The first-order valence-corrected chi connectivity index (χ1v) is 8.81. The maximum atomic E-state index is 11.6. The molecule has 1 aliphatic heterocycles. The summed E-state index contributed by atoms with van der Waals surface area (Å²) in [6, 6.07) is 0. The second-order valence-electron chi connectivity index (χ2n) is 6.74. The molecule has 0 aromatic carbocycles. The Morgan fingerprint density at radius 3 is 2.05 bits per heavy atom. The van der Waals surface area contributed by atoms with Crippen molar-refractivity contribution < 1.29 is 14.3 Å². The second kappa shape index (κ2) is 9.97. The molecule has 0 radical (unpaired) electrons. The van der Waals surface area contributed by atoms with Crippen molar-refractivity contribution in [3.05, 3.63) is 0 Å². The molecule has 0 aliphatic carbocycles. The Balaban J connectivity index is 2.05. The lowest BCUT2D eigenvalue weighted by Gasteiger charge is -2.15. The van der Waals surface area contributed by atoms with Crippen molar-refractivity contribution in [1.82, 2.24) is 0 Å². The van der Waals surface area contributed by atoms with Crippen molar-refractivity contribution in [3.63, 3.8) is 0 Å². The molecule has 1 saturated heterocycles. The molecule has 1 rings (SSSR count). The minimum Gasteiger partial charge on any atom is -0.393 e. The van der Waals surface area contributed by atoms with Crippen LogP contribution in [0.4, 0.5) is 0 Å². The quantitative estimate of drug-likeness (QED) is 0.310. The highest BCUT2D eigenvalue weighted by Crippen LogP contribution is 2.30. The van der Waals surface area contributed by atoms with Gasteiger partial charge in [-0.15, -0.1) is 0 Å². The average Bonchev–Trinajstić information content (AvgIpc) is 2.68. The predicted molar refractivity (Wildman–Crippen MR) is 84.8 cm³/mol. The first-order valence-electron chi connectivity index (χ1n) is 8.81. The van der Waals surface area contributed by atoms with E-state index >= 15 is 0 Å². The van der Waals surface area contributed by atoms with Gasteiger partial charge in [0.15, 0.2) is 0 Å². The zero-order valence-corrected chi connectivity index (χ0v) is 14.0. The van der Waals surface area contributed by atoms with Crippen LogP contribution < -0.4 is 0 Å². The molecule has 0 spiro atoms. The van der Waals surface area contributed by atoms with E-state index in [2.05, 4.69) is 13.8 Å². The highest BCUT2D eigenvalue weighted by molar-refractivity contribution is 5.96. The standard InChI is InChI=1S/C18H32O3/c1-4-5-6-7-8-9-10-11-12-14(2)13-16-15(3)17(19)21-18(16)20/h14-16H,4-13H2,1-3H3. The number of esters is 2. The number of unbranched alkanes of at least 4 members (excludes halogenated alkanes) is 7. The van der Waals surface area contributed by atoms with Crippen LogP contribution in [-0.4, -0.2) is 11.9 Å². The molecule has 0 amide bonds. The molecule has 1 heterocycles. The zero-order chi connectivity index (χ0) is 15.7. The minimum absolute atomic E-state index is 0.207. The molecule has 0 aromatic rings. The molecule has 0 bridgehead atoms. The van der Waals surface area contributed by atoms with Crippen molar-refractivity contribution in [2.75, 3.05) is 0 Å². The lowest BCUT2D eigenvalue weighted by molar-refractivity contribution is -0.153. The number of carbonyl (C=O) groups excluding carboxylic acids is 2. The number of rotatable bonds is 11. The van der Waals surface area contributed by atoms with Crippen molar-refractivity contribution in [2.24, 2.45) is 17.8 Å². The van der Waals surface area contributed by atoms with Gasteiger partial charge in [0.2, 0.25) is 0 Å². The van der Waals surface area contributed by atoms with Gasteiger partial charge >= 0.3 is 11.9 Å². The van der Waals surface area contributed by atoms with Gasteiger partial charge < -0.3 is 4.74 Å². The van der Waals surface area contributed by atoms with E-state index < -0.39 is 0 Å². The lowest BCUT2D eigenvalue weighted by atomic mass is 9.85. The fourth-order valence-electron chi connectivity index (χ4n) is 3.11. The third kappa shape index (κ3) is 6.62. The molecule has 3 unspecified atom stereocenters. The summed E-state index contributed by atoms with van der Waals surface area (Å²) < 4.78 is 4.70. The van der Waals surface area contributed by atoms with Gasteiger partial charge in [0.1, 0.15) is 0 Å². The van der Waals surface area contributed by atoms with E-state index in [9.17, 15) is 9.59 Å². The molecule has 1 fully saturated rings. The van der Waals surface area contributed by atoms with E-state index in [4.69, 9.17) is 4.74 Å². The molecule has 122 valence electrons. The number of hydrogen-bond donors (Lipinski definition) is 0. The zero-order valence-electron chi connectivity index (χ0n) is 14.0. The number of cyclic esters (lactones) is 2. The molecular weight excluding hydrogens is 264 g/mol. The third-order valence-electron chi connectivity index (χ3n) is 4.69. The topological polar surface area (TPSA) is 43.4 Å². The van der Waals surface area contributed by atoms with E-state index in [0.717, 1.165) is 12.8 Å². The monoisotopic (exact) mass is 296 g/mol. The number of carbonyl (C=O) groups is 2. The molecule has 1 aliphatic rings. The van der Waals surface area contributed by atoms with Crippen molar-refractivity contribution in [2.45, 2.75) is 85.0 Å². The van der Waals surface area contributed by atoms with E-state index in [1.54, 1.807) is 6.92 Å². The fourth-order valence-corrected chi connectivity index (χ4v) is 3.11. The van der Waals surface area contributed by atoms with E-state index in [1.807, 2.05) is 0 Å². The van der Waals surface area contributed by atoms with Gasteiger partial charge in [0, 0.05) is 0 Å². The molecule has 3 atom stereocenters. The SMILES string of the molecule is CCCCCCCCCCC(C)CC1C(=O)OC(=O)C1C. The summed E-state index contributed by atoms with van der Waals surface area (Å²) in [5.41, 5.74) is 0. The molecule has 3 nitrogen and oxygen atoms in total. The smallest absolute Gasteiger partial charge is 0.317 e. The summed E-state index contributed by atoms with van der Waals surface area (Å²) in [7, 11) is 0. The van der Waals surface area contributed by atoms with Gasteiger partial charge in [-0.1, -0.05) is 78.6 Å². The third-order valence-corrected chi connectivity index (χ3v) is 4.69. The summed E-state index contributed by atoms with van der Waals surface area (Å²) in [4.78, 5) is 22.9. The largest absolute Gasteiger partial charge is 0.393 e. The number of hydrogen-bond acceptors (Lipinski definition) is 3. The first kappa shape index (κ1) is 18.2. The normalized spacial score (nSPS) is 23.4. The lowest BCUT2D eigenvalue weighted by Crippen LogP contribution is -2.17. The summed E-state index contributed by atoms with van der Waals surface area (Å²) in [5, 5.41) is 0. The Bertz CT molecular complexity index is 324. The predicted octanol–water partition coefficient (Wildman–Crippen LogP) is 4.88. The van der Waals surface area contributed by atoms with E-state index in [-0.39, 0.29) is 23.8 Å². The van der Waals surface area contributed by atoms with Crippen LogP contribution >= 0.6 is 0 Å². The maximum Gasteiger partial charge on any atom is 0.317 e. The summed E-state index contributed by atoms with van der Waals surface area (Å²) >= 11 is 0. The van der Waals surface area contributed by atoms with E-state index in [0.29, 0.717) is 5.92 Å². The molecular formula is C18H32O3. The molecule has 0 saturated carbocycles. The highest BCUT2D eigenvalue weighted by atomic mass is 16.6. The van der Waals surface area contributed by atoms with Crippen LogP contribution in [0.25, 0.3) is 0 Å². The van der Waals surface area contributed by atoms with Crippen LogP contribution in [-0.2, 0) is 14.3 Å². The van der Waals surface area contributed by atoms with Crippen molar-refractivity contribution in [3.8, 4) is 0 Å². The Labute approximate surface area is 129 Å². The Hall–Kier alpha value is -0.860. The van der Waals surface area contributed by atoms with Crippen molar-refractivity contribution >= 4 is 11.9 Å². The minimum atomic E-state index is -0.343.